The molecule has 0 saturated carbocycles. The van der Waals surface area contributed by atoms with Gasteiger partial charge in [-0.2, -0.15) is 8.42 Å². The van der Waals surface area contributed by atoms with Crippen LogP contribution in [0, 0.1) is 0 Å². The minimum Gasteiger partial charge on any atom is -0.467 e. The summed E-state index contributed by atoms with van der Waals surface area (Å²) in [5.41, 5.74) is 0. The van der Waals surface area contributed by atoms with Crippen LogP contribution in [0.5, 0.6) is 0 Å². The molecule has 8 nitrogen and oxygen atoms in total. The van der Waals surface area contributed by atoms with Gasteiger partial charge in [0.1, 0.15) is 0 Å². The third kappa shape index (κ3) is 2.43. The lowest BCUT2D eigenvalue weighted by Crippen LogP contribution is -2.38. The van der Waals surface area contributed by atoms with E-state index in [0.29, 0.717) is 0 Å². The van der Waals surface area contributed by atoms with Crippen LogP contribution in [0.4, 0.5) is 0 Å². The van der Waals surface area contributed by atoms with Crippen LogP contribution in [0.2, 0.25) is 0 Å². The smallest absolute Gasteiger partial charge is 0.401 e. The number of rotatable bonds is 2. The second-order valence-corrected chi connectivity index (χ2v) is 3.69. The second kappa shape index (κ2) is 4.13. The largest absolute Gasteiger partial charge is 0.467 e. The average molecular weight is 240 g/mol. The lowest BCUT2D eigenvalue weighted by atomic mass is 10.2. The summed E-state index contributed by atoms with van der Waals surface area (Å²) in [6.45, 7) is 0. The molecule has 0 aromatic carbocycles. The van der Waals surface area contributed by atoms with E-state index in [4.69, 9.17) is 0 Å². The number of esters is 2. The van der Waals surface area contributed by atoms with Crippen molar-refractivity contribution in [2.24, 2.45) is 0 Å². The van der Waals surface area contributed by atoms with Crippen LogP contribution >= 0.6 is 0 Å². The Hall–Kier alpha value is -1.19. The lowest BCUT2D eigenvalue weighted by Gasteiger charge is -2.09. The topological polar surface area (TPSA) is 105 Å². The van der Waals surface area contributed by atoms with Crippen LogP contribution < -0.4 is 0 Å². The molecule has 86 valence electrons. The Bertz CT molecular complexity index is 341. The third-order valence-electron chi connectivity index (χ3n) is 1.58. The fourth-order valence-electron chi connectivity index (χ4n) is 0.936. The van der Waals surface area contributed by atoms with E-state index in [1.54, 1.807) is 0 Å². The number of methoxy groups -OCH3 is 2. The Balaban J connectivity index is 2.93. The molecule has 0 spiro atoms. The van der Waals surface area contributed by atoms with Crippen molar-refractivity contribution in [3.63, 3.8) is 0 Å². The molecule has 0 aromatic heterocycles. The normalized spacial score (nSPS) is 28.4. The fourth-order valence-corrected chi connectivity index (χ4v) is 1.85. The summed E-state index contributed by atoms with van der Waals surface area (Å²) in [6.07, 6.45) is -3.32. The molecule has 0 aromatic rings. The zero-order valence-corrected chi connectivity index (χ0v) is 8.65. The van der Waals surface area contributed by atoms with Crippen LogP contribution in [0.15, 0.2) is 0 Å². The van der Waals surface area contributed by atoms with Crippen LogP contribution in [-0.4, -0.2) is 46.8 Å². The predicted octanol–water partition coefficient (Wildman–Crippen LogP) is -1.64. The van der Waals surface area contributed by atoms with Crippen LogP contribution in [0.25, 0.3) is 0 Å². The van der Waals surface area contributed by atoms with E-state index >= 15 is 0 Å². The molecule has 1 fully saturated rings. The summed E-state index contributed by atoms with van der Waals surface area (Å²) in [7, 11) is -2.32. The molecule has 1 heterocycles. The maximum Gasteiger partial charge on any atom is 0.401 e. The highest BCUT2D eigenvalue weighted by Gasteiger charge is 2.50. The first-order chi connectivity index (χ1) is 6.91. The van der Waals surface area contributed by atoms with Crippen molar-refractivity contribution >= 4 is 22.3 Å². The number of hydrogen-bond acceptors (Lipinski definition) is 8. The van der Waals surface area contributed by atoms with Crippen molar-refractivity contribution in [2.45, 2.75) is 12.2 Å². The highest BCUT2D eigenvalue weighted by molar-refractivity contribution is 7.82. The number of carbonyl (C=O) groups is 2. The first-order valence-corrected chi connectivity index (χ1v) is 5.02. The fraction of sp³-hybridized carbons (Fsp3) is 0.667. The average Bonchev–Trinajstić information content (AvgIpc) is 2.52. The van der Waals surface area contributed by atoms with E-state index < -0.39 is 34.5 Å². The van der Waals surface area contributed by atoms with Gasteiger partial charge >= 0.3 is 22.3 Å². The molecule has 0 N–H and O–H groups in total. The number of carbonyl (C=O) groups excluding carboxylic acids is 2. The minimum absolute atomic E-state index is 1.02. The standard InChI is InChI=1S/C6H8O8S/c1-11-5(7)3-4(6(8)12-2)14-15(9,10)13-3/h3-4H,1-2H3/t3-,4-/m1/s1. The van der Waals surface area contributed by atoms with Gasteiger partial charge in [-0.05, 0) is 0 Å². The SMILES string of the molecule is COC(=O)[C@@H]1OS(=O)(=O)O[C@H]1C(=O)OC. The second-order valence-electron chi connectivity index (χ2n) is 2.49. The van der Waals surface area contributed by atoms with Gasteiger partial charge in [0.2, 0.25) is 12.2 Å². The highest BCUT2D eigenvalue weighted by atomic mass is 32.3. The van der Waals surface area contributed by atoms with E-state index in [2.05, 4.69) is 17.8 Å². The maximum absolute atomic E-state index is 11.0. The van der Waals surface area contributed by atoms with Crippen molar-refractivity contribution in [2.75, 3.05) is 14.2 Å². The summed E-state index contributed by atoms with van der Waals surface area (Å²) in [5.74, 6) is -2.07. The third-order valence-corrected chi connectivity index (χ3v) is 2.47. The molecule has 1 saturated heterocycles. The Kier molecular flexibility index (Phi) is 3.27. The minimum atomic E-state index is -4.36. The Morgan fingerprint density at radius 1 is 1.00 bits per heavy atom. The van der Waals surface area contributed by atoms with Crippen LogP contribution in [0.1, 0.15) is 0 Å². The maximum atomic E-state index is 11.0. The molecule has 1 aliphatic rings. The van der Waals surface area contributed by atoms with Gasteiger partial charge in [0.25, 0.3) is 0 Å². The molecule has 2 atom stereocenters. The zero-order valence-electron chi connectivity index (χ0n) is 7.83. The van der Waals surface area contributed by atoms with Gasteiger partial charge < -0.3 is 9.47 Å². The van der Waals surface area contributed by atoms with Gasteiger partial charge in [0, 0.05) is 0 Å². The van der Waals surface area contributed by atoms with E-state index in [-0.39, 0.29) is 0 Å². The van der Waals surface area contributed by atoms with Crippen molar-refractivity contribution < 1.29 is 35.8 Å². The molecule has 0 aliphatic carbocycles. The summed E-state index contributed by atoms with van der Waals surface area (Å²) in [6, 6.07) is 0. The number of hydrogen-bond donors (Lipinski definition) is 0. The Morgan fingerprint density at radius 2 is 1.33 bits per heavy atom. The lowest BCUT2D eigenvalue weighted by molar-refractivity contribution is -0.160. The Labute approximate surface area is 85.4 Å². The van der Waals surface area contributed by atoms with Gasteiger partial charge in [-0.1, -0.05) is 0 Å². The van der Waals surface area contributed by atoms with E-state index in [9.17, 15) is 18.0 Å². The van der Waals surface area contributed by atoms with Crippen LogP contribution in [-0.2, 0) is 37.8 Å². The summed E-state index contributed by atoms with van der Waals surface area (Å²) >= 11 is 0. The quantitative estimate of drug-likeness (QED) is 0.529. The summed E-state index contributed by atoms with van der Waals surface area (Å²) in [4.78, 5) is 22.1. The molecule has 0 bridgehead atoms. The van der Waals surface area contributed by atoms with E-state index in [0.717, 1.165) is 14.2 Å². The van der Waals surface area contributed by atoms with Gasteiger partial charge in [-0.3, -0.25) is 0 Å². The molecule has 15 heavy (non-hydrogen) atoms. The van der Waals surface area contributed by atoms with Gasteiger partial charge in [-0.25, -0.2) is 18.0 Å². The number of ether oxygens (including phenoxy) is 2. The molecule has 1 aliphatic heterocycles. The predicted molar refractivity (Wildman–Crippen MR) is 42.7 cm³/mol. The Morgan fingerprint density at radius 3 is 1.60 bits per heavy atom. The molecule has 0 amide bonds. The summed E-state index contributed by atoms with van der Waals surface area (Å²) in [5, 5.41) is 0. The van der Waals surface area contributed by atoms with Crippen molar-refractivity contribution in [3.8, 4) is 0 Å². The monoisotopic (exact) mass is 240 g/mol. The first-order valence-electron chi connectivity index (χ1n) is 3.68. The molecule has 0 unspecified atom stereocenters. The molecule has 1 rings (SSSR count). The highest BCUT2D eigenvalue weighted by Crippen LogP contribution is 2.22. The van der Waals surface area contributed by atoms with Crippen molar-refractivity contribution in [3.05, 3.63) is 0 Å². The van der Waals surface area contributed by atoms with Crippen LogP contribution in [0.3, 0.4) is 0 Å². The molecular formula is C6H8O8S. The molecule has 9 heteroatoms. The molecular weight excluding hydrogens is 232 g/mol. The first kappa shape index (κ1) is 11.9. The van der Waals surface area contributed by atoms with Crippen molar-refractivity contribution in [1.29, 1.82) is 0 Å². The van der Waals surface area contributed by atoms with E-state index in [1.807, 2.05) is 0 Å². The molecule has 0 radical (unpaired) electrons. The van der Waals surface area contributed by atoms with Crippen molar-refractivity contribution in [1.82, 2.24) is 0 Å². The van der Waals surface area contributed by atoms with E-state index in [1.165, 1.54) is 0 Å². The summed E-state index contributed by atoms with van der Waals surface area (Å²) < 4.78 is 38.6. The van der Waals surface area contributed by atoms with Gasteiger partial charge in [0.05, 0.1) is 14.2 Å². The zero-order chi connectivity index (χ0) is 11.6. The van der Waals surface area contributed by atoms with Gasteiger partial charge in [0.15, 0.2) is 0 Å². The van der Waals surface area contributed by atoms with Gasteiger partial charge in [-0.15, -0.1) is 0 Å².